The highest BCUT2D eigenvalue weighted by atomic mass is 32.2. The molecule has 162 valence electrons. The van der Waals surface area contributed by atoms with Gasteiger partial charge in [-0.3, -0.25) is 4.90 Å². The summed E-state index contributed by atoms with van der Waals surface area (Å²) in [6.45, 7) is 4.38. The summed E-state index contributed by atoms with van der Waals surface area (Å²) < 4.78 is 39.5. The third-order valence-corrected chi connectivity index (χ3v) is 7.48. The van der Waals surface area contributed by atoms with E-state index in [4.69, 9.17) is 9.47 Å². The summed E-state index contributed by atoms with van der Waals surface area (Å²) in [7, 11) is -3.25. The Morgan fingerprint density at radius 2 is 1.90 bits per heavy atom. The minimum Gasteiger partial charge on any atom is -0.489 e. The van der Waals surface area contributed by atoms with Crippen molar-refractivity contribution in [2.75, 3.05) is 26.0 Å². The number of sulfonamides is 1. The largest absolute Gasteiger partial charge is 0.489 e. The average molecular weight is 423 g/mol. The Kier molecular flexibility index (Phi) is 6.49. The van der Waals surface area contributed by atoms with Gasteiger partial charge in [0, 0.05) is 25.2 Å². The van der Waals surface area contributed by atoms with Gasteiger partial charge in [-0.2, -0.15) is 0 Å². The lowest BCUT2D eigenvalue weighted by atomic mass is 9.82. The van der Waals surface area contributed by atoms with Crippen LogP contribution in [-0.2, 0) is 14.8 Å². The van der Waals surface area contributed by atoms with Crippen LogP contribution in [0.3, 0.4) is 0 Å². The highest BCUT2D eigenvalue weighted by Crippen LogP contribution is 2.39. The zero-order valence-corrected chi connectivity index (χ0v) is 18.4. The normalized spacial score (nSPS) is 33.7. The summed E-state index contributed by atoms with van der Waals surface area (Å²) >= 11 is 0. The number of ether oxygens (including phenoxy) is 2. The van der Waals surface area contributed by atoms with Gasteiger partial charge in [-0.25, -0.2) is 13.1 Å². The number of para-hydroxylation sites is 1. The summed E-state index contributed by atoms with van der Waals surface area (Å²) in [5.41, 5.74) is 1.33. The van der Waals surface area contributed by atoms with Gasteiger partial charge in [0.25, 0.3) is 0 Å². The Hall–Kier alpha value is -1.15. The molecule has 6 nitrogen and oxygen atoms in total. The molecule has 0 radical (unpaired) electrons. The van der Waals surface area contributed by atoms with Gasteiger partial charge in [-0.15, -0.1) is 0 Å². The van der Waals surface area contributed by atoms with Crippen LogP contribution in [0.1, 0.15) is 56.9 Å². The van der Waals surface area contributed by atoms with Crippen molar-refractivity contribution in [3.8, 4) is 5.75 Å². The number of hydrogen-bond acceptors (Lipinski definition) is 5. The average Bonchev–Trinajstić information content (AvgIpc) is 3.06. The summed E-state index contributed by atoms with van der Waals surface area (Å²) in [6.07, 6.45) is 7.63. The van der Waals surface area contributed by atoms with E-state index in [9.17, 15) is 8.42 Å². The number of nitrogens with one attached hydrogen (secondary N) is 1. The van der Waals surface area contributed by atoms with E-state index in [1.54, 1.807) is 0 Å². The second-order valence-electron chi connectivity index (χ2n) is 8.84. The highest BCUT2D eigenvalue weighted by molar-refractivity contribution is 7.88. The van der Waals surface area contributed by atoms with E-state index in [0.29, 0.717) is 12.5 Å². The van der Waals surface area contributed by atoms with Crippen LogP contribution in [0.25, 0.3) is 0 Å². The molecule has 3 atom stereocenters. The van der Waals surface area contributed by atoms with Crippen molar-refractivity contribution in [1.29, 1.82) is 0 Å². The predicted molar refractivity (Wildman–Crippen MR) is 114 cm³/mol. The summed E-state index contributed by atoms with van der Waals surface area (Å²) in [5, 5.41) is 0. The molecule has 2 unspecified atom stereocenters. The molecule has 2 bridgehead atoms. The van der Waals surface area contributed by atoms with Crippen molar-refractivity contribution in [3.63, 3.8) is 0 Å². The van der Waals surface area contributed by atoms with Crippen molar-refractivity contribution in [2.45, 2.75) is 75.7 Å². The maximum atomic E-state index is 11.9. The maximum Gasteiger partial charge on any atom is 0.209 e. The second kappa shape index (κ2) is 8.92. The standard InChI is InChI=1S/C22H34N2O4S/c1-3-17-14-24-13-12-20(23-29(2,25)26)21(24)15-27-18-10-8-16(9-11-18)19-6-4-5-7-22(19)28-17/h4-7,16-18,20-21,23H,3,8-15H2,1-2H3/t16?,17?,18?,20-,21?/m0/s1. The Morgan fingerprint density at radius 3 is 2.62 bits per heavy atom. The van der Waals surface area contributed by atoms with Crippen LogP contribution in [-0.4, -0.2) is 63.6 Å². The number of nitrogens with zero attached hydrogens (tertiary/aromatic N) is 1. The lowest BCUT2D eigenvalue weighted by molar-refractivity contribution is -0.00971. The first kappa shape index (κ1) is 21.1. The fraction of sp³-hybridized carbons (Fsp3) is 0.727. The van der Waals surface area contributed by atoms with Crippen LogP contribution in [0.5, 0.6) is 5.75 Å². The summed E-state index contributed by atoms with van der Waals surface area (Å²) in [5.74, 6) is 1.55. The van der Waals surface area contributed by atoms with Gasteiger partial charge in [0.15, 0.2) is 0 Å². The van der Waals surface area contributed by atoms with Crippen molar-refractivity contribution in [2.24, 2.45) is 0 Å². The molecule has 1 N–H and O–H groups in total. The van der Waals surface area contributed by atoms with Crippen molar-refractivity contribution >= 4 is 10.0 Å². The van der Waals surface area contributed by atoms with E-state index < -0.39 is 10.0 Å². The SMILES string of the molecule is CCC1CN2CC[C@H](NS(C)(=O)=O)C2COC2CCC(CC2)c2ccccc2O1. The molecule has 0 aromatic heterocycles. The molecule has 1 saturated carbocycles. The fourth-order valence-electron chi connectivity index (χ4n) is 5.17. The fourth-order valence-corrected chi connectivity index (χ4v) is 5.99. The third-order valence-electron chi connectivity index (χ3n) is 6.75. The zero-order chi connectivity index (χ0) is 20.4. The second-order valence-corrected chi connectivity index (χ2v) is 10.6. The number of fused-ring (bicyclic) bond motifs is 5. The van der Waals surface area contributed by atoms with Gasteiger partial charge in [0.1, 0.15) is 11.9 Å². The van der Waals surface area contributed by atoms with E-state index in [2.05, 4.69) is 40.8 Å². The molecule has 1 aromatic rings. The Bertz CT molecular complexity index is 792. The molecule has 2 fully saturated rings. The molecular weight excluding hydrogens is 388 g/mol. The predicted octanol–water partition coefficient (Wildman–Crippen LogP) is 2.89. The zero-order valence-electron chi connectivity index (χ0n) is 17.5. The van der Waals surface area contributed by atoms with Crippen LogP contribution >= 0.6 is 0 Å². The molecule has 29 heavy (non-hydrogen) atoms. The van der Waals surface area contributed by atoms with Crippen molar-refractivity contribution < 1.29 is 17.9 Å². The van der Waals surface area contributed by atoms with Crippen LogP contribution in [0.2, 0.25) is 0 Å². The van der Waals surface area contributed by atoms with E-state index in [-0.39, 0.29) is 24.3 Å². The molecule has 0 spiro atoms. The van der Waals surface area contributed by atoms with Gasteiger partial charge in [0.2, 0.25) is 10.0 Å². The minimum absolute atomic E-state index is 0.0519. The maximum absolute atomic E-state index is 11.9. The molecule has 4 aliphatic rings. The van der Waals surface area contributed by atoms with Crippen LogP contribution in [0.4, 0.5) is 0 Å². The molecule has 5 rings (SSSR count). The smallest absolute Gasteiger partial charge is 0.209 e. The topological polar surface area (TPSA) is 67.9 Å². The lowest BCUT2D eigenvalue weighted by Gasteiger charge is -2.32. The monoisotopic (exact) mass is 422 g/mol. The third kappa shape index (κ3) is 5.13. The van der Waals surface area contributed by atoms with E-state index in [1.165, 1.54) is 11.8 Å². The molecule has 7 heteroatoms. The Morgan fingerprint density at radius 1 is 1.14 bits per heavy atom. The molecule has 3 heterocycles. The summed E-state index contributed by atoms with van der Waals surface area (Å²) in [4.78, 5) is 2.37. The first-order valence-corrected chi connectivity index (χ1v) is 12.9. The van der Waals surface area contributed by atoms with Crippen LogP contribution in [0.15, 0.2) is 24.3 Å². The molecular formula is C22H34N2O4S. The quantitative estimate of drug-likeness (QED) is 0.811. The van der Waals surface area contributed by atoms with Crippen LogP contribution in [0, 0.1) is 0 Å². The molecule has 1 aliphatic carbocycles. The molecule has 3 aliphatic heterocycles. The van der Waals surface area contributed by atoms with E-state index in [1.807, 2.05) is 0 Å². The van der Waals surface area contributed by atoms with E-state index >= 15 is 0 Å². The molecule has 1 aromatic carbocycles. The van der Waals surface area contributed by atoms with Gasteiger partial charge < -0.3 is 9.47 Å². The Labute approximate surface area is 175 Å². The van der Waals surface area contributed by atoms with Gasteiger partial charge in [-0.05, 0) is 56.1 Å². The first-order chi connectivity index (χ1) is 13.9. The number of benzene rings is 1. The molecule has 0 amide bonds. The lowest BCUT2D eigenvalue weighted by Crippen LogP contribution is -2.49. The van der Waals surface area contributed by atoms with Gasteiger partial charge in [-0.1, -0.05) is 25.1 Å². The minimum atomic E-state index is -3.25. The van der Waals surface area contributed by atoms with E-state index in [0.717, 1.165) is 57.4 Å². The van der Waals surface area contributed by atoms with Crippen LogP contribution < -0.4 is 9.46 Å². The Balaban J connectivity index is 1.60. The van der Waals surface area contributed by atoms with Gasteiger partial charge in [0.05, 0.1) is 19.0 Å². The number of hydrogen-bond donors (Lipinski definition) is 1. The summed E-state index contributed by atoms with van der Waals surface area (Å²) in [6, 6.07) is 8.45. The molecule has 1 saturated heterocycles. The highest BCUT2D eigenvalue weighted by Gasteiger charge is 2.38. The number of rotatable bonds is 3. The van der Waals surface area contributed by atoms with Gasteiger partial charge >= 0.3 is 0 Å². The first-order valence-electron chi connectivity index (χ1n) is 11.0. The van der Waals surface area contributed by atoms with Crippen molar-refractivity contribution in [3.05, 3.63) is 29.8 Å². The van der Waals surface area contributed by atoms with Crippen molar-refractivity contribution in [1.82, 2.24) is 9.62 Å².